The molecule has 2 unspecified atom stereocenters. The maximum absolute atomic E-state index is 3.67. The first kappa shape index (κ1) is 13.7. The molecule has 0 aromatic carbocycles. The molecule has 0 heterocycles. The molecule has 0 aromatic heterocycles. The van der Waals surface area contributed by atoms with Gasteiger partial charge in [-0.05, 0) is 62.0 Å². The highest BCUT2D eigenvalue weighted by Gasteiger charge is 2.25. The van der Waals surface area contributed by atoms with E-state index in [1.54, 1.807) is 0 Å². The third kappa shape index (κ3) is 4.48. The molecule has 0 radical (unpaired) electrons. The van der Waals surface area contributed by atoms with Gasteiger partial charge in [0.25, 0.3) is 0 Å². The van der Waals surface area contributed by atoms with Crippen LogP contribution >= 0.6 is 11.8 Å². The summed E-state index contributed by atoms with van der Waals surface area (Å²) in [4.78, 5) is 0. The first-order chi connectivity index (χ1) is 8.40. The summed E-state index contributed by atoms with van der Waals surface area (Å²) in [6.45, 7) is 3.39. The van der Waals surface area contributed by atoms with Crippen LogP contribution in [0.4, 0.5) is 0 Å². The summed E-state index contributed by atoms with van der Waals surface area (Å²) < 4.78 is 0. The second kappa shape index (κ2) is 7.68. The Balaban J connectivity index is 1.54. The third-order valence-electron chi connectivity index (χ3n) is 4.59. The van der Waals surface area contributed by atoms with Gasteiger partial charge in [-0.1, -0.05) is 26.2 Å². The lowest BCUT2D eigenvalue weighted by Gasteiger charge is -2.20. The van der Waals surface area contributed by atoms with Crippen molar-refractivity contribution in [2.24, 2.45) is 11.8 Å². The second-order valence-electron chi connectivity index (χ2n) is 5.87. The van der Waals surface area contributed by atoms with Crippen LogP contribution in [0.15, 0.2) is 0 Å². The van der Waals surface area contributed by atoms with Crippen molar-refractivity contribution in [2.45, 2.75) is 64.3 Å². The minimum Gasteiger partial charge on any atom is -0.314 e. The van der Waals surface area contributed by atoms with Gasteiger partial charge in [0.15, 0.2) is 0 Å². The molecule has 100 valence electrons. The van der Waals surface area contributed by atoms with Gasteiger partial charge in [-0.3, -0.25) is 0 Å². The van der Waals surface area contributed by atoms with Crippen molar-refractivity contribution in [1.29, 1.82) is 0 Å². The quantitative estimate of drug-likeness (QED) is 0.688. The lowest BCUT2D eigenvalue weighted by Crippen LogP contribution is -2.32. The Morgan fingerprint density at radius 2 is 1.88 bits per heavy atom. The molecule has 0 aromatic rings. The summed E-state index contributed by atoms with van der Waals surface area (Å²) in [5, 5.41) is 3.67. The smallest absolute Gasteiger partial charge is 0.00955 e. The zero-order chi connectivity index (χ0) is 11.9. The summed E-state index contributed by atoms with van der Waals surface area (Å²) in [7, 11) is 0. The minimum atomic E-state index is 0.840. The van der Waals surface area contributed by atoms with E-state index >= 15 is 0 Å². The minimum absolute atomic E-state index is 0.840. The van der Waals surface area contributed by atoms with E-state index in [0.717, 1.165) is 24.4 Å². The molecule has 1 nitrogen and oxygen atoms in total. The molecular weight excluding hydrogens is 226 g/mol. The van der Waals surface area contributed by atoms with Gasteiger partial charge < -0.3 is 5.32 Å². The Morgan fingerprint density at radius 1 is 1.06 bits per heavy atom. The standard InChI is InChI=1S/C15H29NS/c1-2-16-15-9-5-8-14(15)10-11-17-12-13-6-3-4-7-13/h13-16H,2-12H2,1H3. The van der Waals surface area contributed by atoms with E-state index in [9.17, 15) is 0 Å². The number of nitrogens with one attached hydrogen (secondary N) is 1. The average Bonchev–Trinajstić information content (AvgIpc) is 2.96. The van der Waals surface area contributed by atoms with Gasteiger partial charge in [0.1, 0.15) is 0 Å². The summed E-state index contributed by atoms with van der Waals surface area (Å²) >= 11 is 2.23. The van der Waals surface area contributed by atoms with Crippen LogP contribution in [0.1, 0.15) is 58.3 Å². The molecule has 2 heteroatoms. The van der Waals surface area contributed by atoms with Gasteiger partial charge in [-0.2, -0.15) is 11.8 Å². The average molecular weight is 255 g/mol. The molecule has 0 bridgehead atoms. The van der Waals surface area contributed by atoms with E-state index in [1.165, 1.54) is 62.9 Å². The fourth-order valence-electron chi connectivity index (χ4n) is 3.58. The highest BCUT2D eigenvalue weighted by molar-refractivity contribution is 7.99. The van der Waals surface area contributed by atoms with Crippen molar-refractivity contribution < 1.29 is 0 Å². The Labute approximate surface area is 112 Å². The fourth-order valence-corrected chi connectivity index (χ4v) is 4.88. The van der Waals surface area contributed by atoms with Gasteiger partial charge in [0, 0.05) is 6.04 Å². The van der Waals surface area contributed by atoms with Crippen molar-refractivity contribution >= 4 is 11.8 Å². The van der Waals surface area contributed by atoms with Gasteiger partial charge in [0.2, 0.25) is 0 Å². The van der Waals surface area contributed by atoms with Crippen molar-refractivity contribution in [3.05, 3.63) is 0 Å². The van der Waals surface area contributed by atoms with Gasteiger partial charge in [0.05, 0.1) is 0 Å². The van der Waals surface area contributed by atoms with Crippen LogP contribution < -0.4 is 5.32 Å². The SMILES string of the molecule is CCNC1CCCC1CCSCC1CCCC1. The van der Waals surface area contributed by atoms with E-state index in [0.29, 0.717) is 0 Å². The van der Waals surface area contributed by atoms with Crippen molar-refractivity contribution in [1.82, 2.24) is 5.32 Å². The van der Waals surface area contributed by atoms with Crippen LogP contribution in [-0.4, -0.2) is 24.1 Å². The summed E-state index contributed by atoms with van der Waals surface area (Å²) in [5.74, 6) is 4.89. The summed E-state index contributed by atoms with van der Waals surface area (Å²) in [6, 6.07) is 0.840. The highest BCUT2D eigenvalue weighted by Crippen LogP contribution is 2.31. The molecule has 2 aliphatic rings. The van der Waals surface area contributed by atoms with Gasteiger partial charge in [-0.15, -0.1) is 0 Å². The summed E-state index contributed by atoms with van der Waals surface area (Å²) in [6.07, 6.45) is 11.8. The highest BCUT2D eigenvalue weighted by atomic mass is 32.2. The molecule has 2 fully saturated rings. The molecular formula is C15H29NS. The van der Waals surface area contributed by atoms with Crippen LogP contribution in [0.25, 0.3) is 0 Å². The maximum atomic E-state index is 3.67. The predicted molar refractivity (Wildman–Crippen MR) is 78.7 cm³/mol. The first-order valence-electron chi connectivity index (χ1n) is 7.71. The summed E-state index contributed by atoms with van der Waals surface area (Å²) in [5.41, 5.74) is 0. The number of thioether (sulfide) groups is 1. The number of rotatable bonds is 7. The normalized spacial score (nSPS) is 30.2. The molecule has 2 atom stereocenters. The molecule has 2 aliphatic carbocycles. The zero-order valence-electron chi connectivity index (χ0n) is 11.4. The molecule has 2 saturated carbocycles. The van der Waals surface area contributed by atoms with E-state index in [4.69, 9.17) is 0 Å². The van der Waals surface area contributed by atoms with E-state index in [-0.39, 0.29) is 0 Å². The van der Waals surface area contributed by atoms with Gasteiger partial charge >= 0.3 is 0 Å². The van der Waals surface area contributed by atoms with Crippen LogP contribution in [0.3, 0.4) is 0 Å². The van der Waals surface area contributed by atoms with E-state index < -0.39 is 0 Å². The fraction of sp³-hybridized carbons (Fsp3) is 1.00. The van der Waals surface area contributed by atoms with E-state index in [1.807, 2.05) is 0 Å². The Kier molecular flexibility index (Phi) is 6.21. The predicted octanol–water partition coefficient (Wildman–Crippen LogP) is 4.08. The molecule has 0 amide bonds. The Bertz CT molecular complexity index is 201. The van der Waals surface area contributed by atoms with Gasteiger partial charge in [-0.25, -0.2) is 0 Å². The lowest BCUT2D eigenvalue weighted by molar-refractivity contribution is 0.400. The zero-order valence-corrected chi connectivity index (χ0v) is 12.2. The maximum Gasteiger partial charge on any atom is 0.00955 e. The number of hydrogen-bond donors (Lipinski definition) is 1. The number of hydrogen-bond acceptors (Lipinski definition) is 2. The molecule has 0 saturated heterocycles. The van der Waals surface area contributed by atoms with Crippen LogP contribution in [0, 0.1) is 11.8 Å². The van der Waals surface area contributed by atoms with E-state index in [2.05, 4.69) is 24.0 Å². The molecule has 1 N–H and O–H groups in total. The molecule has 2 rings (SSSR count). The first-order valence-corrected chi connectivity index (χ1v) is 8.86. The topological polar surface area (TPSA) is 12.0 Å². The Morgan fingerprint density at radius 3 is 2.65 bits per heavy atom. The van der Waals surface area contributed by atoms with Crippen molar-refractivity contribution in [2.75, 3.05) is 18.1 Å². The van der Waals surface area contributed by atoms with Crippen LogP contribution in [-0.2, 0) is 0 Å². The molecule has 17 heavy (non-hydrogen) atoms. The lowest BCUT2D eigenvalue weighted by atomic mass is 10.0. The monoisotopic (exact) mass is 255 g/mol. The van der Waals surface area contributed by atoms with Crippen molar-refractivity contribution in [3.8, 4) is 0 Å². The second-order valence-corrected chi connectivity index (χ2v) is 7.02. The van der Waals surface area contributed by atoms with Crippen LogP contribution in [0.5, 0.6) is 0 Å². The third-order valence-corrected chi connectivity index (χ3v) is 5.82. The Hall–Kier alpha value is 0.310. The van der Waals surface area contributed by atoms with Crippen LogP contribution in [0.2, 0.25) is 0 Å². The molecule has 0 aliphatic heterocycles. The molecule has 0 spiro atoms. The largest absolute Gasteiger partial charge is 0.314 e. The van der Waals surface area contributed by atoms with Crippen molar-refractivity contribution in [3.63, 3.8) is 0 Å².